The maximum atomic E-state index is 10.3. The van der Waals surface area contributed by atoms with Crippen molar-refractivity contribution >= 4 is 6.29 Å². The Morgan fingerprint density at radius 3 is 2.58 bits per heavy atom. The van der Waals surface area contributed by atoms with Gasteiger partial charge in [-0.25, -0.2) is 0 Å². The second kappa shape index (κ2) is 4.30. The molecule has 0 unspecified atom stereocenters. The summed E-state index contributed by atoms with van der Waals surface area (Å²) in [4.78, 5) is 10.3. The fourth-order valence-corrected chi connectivity index (χ4v) is 0.992. The molecule has 1 aromatic carbocycles. The monoisotopic (exact) mass is 159 g/mol. The van der Waals surface area contributed by atoms with Gasteiger partial charge in [-0.1, -0.05) is 30.3 Å². The molecule has 0 heterocycles. The van der Waals surface area contributed by atoms with Gasteiger partial charge in [-0.15, -0.1) is 0 Å². The summed E-state index contributed by atoms with van der Waals surface area (Å²) in [5.41, 5.74) is 1.02. The maximum absolute atomic E-state index is 10.3. The normalized spacial score (nSPS) is 11.6. The number of rotatable bonds is 3. The molecule has 2 heteroatoms. The number of benzene rings is 1. The van der Waals surface area contributed by atoms with E-state index in [2.05, 4.69) is 0 Å². The molecule has 1 atom stereocenters. The maximum Gasteiger partial charge on any atom is 0.137 e. The summed E-state index contributed by atoms with van der Waals surface area (Å²) in [6.45, 7) is 0. The van der Waals surface area contributed by atoms with E-state index in [-0.39, 0.29) is 0 Å². The molecule has 0 aliphatic heterocycles. The van der Waals surface area contributed by atoms with Crippen LogP contribution < -0.4 is 0 Å². The molecule has 0 aromatic heterocycles. The molecule has 0 saturated carbocycles. The van der Waals surface area contributed by atoms with E-state index in [9.17, 15) is 4.79 Å². The van der Waals surface area contributed by atoms with Crippen LogP contribution in [0.3, 0.4) is 0 Å². The lowest BCUT2D eigenvalue weighted by Crippen LogP contribution is -2.02. The molecule has 0 radical (unpaired) electrons. The minimum absolute atomic E-state index is 0.507. The van der Waals surface area contributed by atoms with Gasteiger partial charge in [-0.3, -0.25) is 0 Å². The predicted molar refractivity (Wildman–Crippen MR) is 45.3 cm³/mol. The molecule has 0 aliphatic rings. The first kappa shape index (κ1) is 8.48. The molecular formula is C10H9NO. The van der Waals surface area contributed by atoms with Gasteiger partial charge in [0.2, 0.25) is 0 Å². The minimum Gasteiger partial charge on any atom is -0.302 e. The Kier molecular flexibility index (Phi) is 3.04. The Morgan fingerprint density at radius 1 is 1.42 bits per heavy atom. The smallest absolute Gasteiger partial charge is 0.137 e. The van der Waals surface area contributed by atoms with E-state index in [4.69, 9.17) is 5.26 Å². The second-order valence-electron chi connectivity index (χ2n) is 2.56. The van der Waals surface area contributed by atoms with E-state index in [1.54, 1.807) is 0 Å². The van der Waals surface area contributed by atoms with Gasteiger partial charge in [-0.2, -0.15) is 5.26 Å². The first-order valence-corrected chi connectivity index (χ1v) is 3.75. The molecule has 0 fully saturated rings. The van der Waals surface area contributed by atoms with E-state index in [1.165, 1.54) is 0 Å². The number of carbonyl (C=O) groups is 1. The number of carbonyl (C=O) groups excluding carboxylic acids is 1. The summed E-state index contributed by atoms with van der Waals surface area (Å²) in [7, 11) is 0. The lowest BCUT2D eigenvalue weighted by Gasteiger charge is -1.99. The molecule has 2 nitrogen and oxygen atoms in total. The third kappa shape index (κ3) is 2.21. The third-order valence-corrected chi connectivity index (χ3v) is 1.63. The van der Waals surface area contributed by atoms with Crippen molar-refractivity contribution in [3.05, 3.63) is 35.9 Å². The molecular weight excluding hydrogens is 150 g/mol. The summed E-state index contributed by atoms with van der Waals surface area (Å²) in [6, 6.07) is 11.5. The number of aldehydes is 1. The number of hydrogen-bond donors (Lipinski definition) is 0. The second-order valence-corrected chi connectivity index (χ2v) is 2.56. The van der Waals surface area contributed by atoms with Crippen molar-refractivity contribution in [2.75, 3.05) is 0 Å². The Balaban J connectivity index is 2.64. The van der Waals surface area contributed by atoms with Gasteiger partial charge in [0, 0.05) is 0 Å². The molecule has 0 aliphatic carbocycles. The highest BCUT2D eigenvalue weighted by Gasteiger charge is 2.05. The van der Waals surface area contributed by atoms with Crippen molar-refractivity contribution in [2.45, 2.75) is 6.42 Å². The molecule has 0 N–H and O–H groups in total. The van der Waals surface area contributed by atoms with Gasteiger partial charge in [0.25, 0.3) is 0 Å². The number of hydrogen-bond acceptors (Lipinski definition) is 2. The van der Waals surface area contributed by atoms with Crippen molar-refractivity contribution in [3.63, 3.8) is 0 Å². The summed E-state index contributed by atoms with van der Waals surface area (Å²) in [6.07, 6.45) is 1.20. The van der Waals surface area contributed by atoms with Gasteiger partial charge in [0.05, 0.1) is 6.07 Å². The van der Waals surface area contributed by atoms with Crippen LogP contribution in [-0.4, -0.2) is 6.29 Å². The fourth-order valence-electron chi connectivity index (χ4n) is 0.992. The van der Waals surface area contributed by atoms with E-state index in [1.807, 2.05) is 36.4 Å². The zero-order chi connectivity index (χ0) is 8.81. The molecule has 1 rings (SSSR count). The molecule has 0 amide bonds. The van der Waals surface area contributed by atoms with Gasteiger partial charge in [0.15, 0.2) is 0 Å². The van der Waals surface area contributed by atoms with Gasteiger partial charge in [-0.05, 0) is 12.0 Å². The van der Waals surface area contributed by atoms with Gasteiger partial charge < -0.3 is 4.79 Å². The number of nitriles is 1. The van der Waals surface area contributed by atoms with Crippen LogP contribution in [0.15, 0.2) is 30.3 Å². The zero-order valence-electron chi connectivity index (χ0n) is 6.60. The Labute approximate surface area is 71.4 Å². The largest absolute Gasteiger partial charge is 0.302 e. The average molecular weight is 159 g/mol. The predicted octanol–water partition coefficient (Wildman–Crippen LogP) is 1.57. The highest BCUT2D eigenvalue weighted by molar-refractivity contribution is 5.58. The molecule has 0 spiro atoms. The van der Waals surface area contributed by atoms with Crippen LogP contribution in [0.5, 0.6) is 0 Å². The third-order valence-electron chi connectivity index (χ3n) is 1.63. The first-order valence-electron chi connectivity index (χ1n) is 3.75. The van der Waals surface area contributed by atoms with Crippen LogP contribution >= 0.6 is 0 Å². The van der Waals surface area contributed by atoms with Crippen molar-refractivity contribution in [2.24, 2.45) is 5.92 Å². The molecule has 1 aromatic rings. The summed E-state index contributed by atoms with van der Waals surface area (Å²) >= 11 is 0. The van der Waals surface area contributed by atoms with Crippen LogP contribution in [-0.2, 0) is 11.2 Å². The summed E-state index contributed by atoms with van der Waals surface area (Å²) < 4.78 is 0. The average Bonchev–Trinajstić information content (AvgIpc) is 2.16. The van der Waals surface area contributed by atoms with Crippen molar-refractivity contribution in [3.8, 4) is 6.07 Å². The van der Waals surface area contributed by atoms with Crippen LogP contribution in [0.4, 0.5) is 0 Å². The Bertz CT molecular complexity index is 286. The molecule has 60 valence electrons. The summed E-state index contributed by atoms with van der Waals surface area (Å²) in [5, 5.41) is 8.51. The zero-order valence-corrected chi connectivity index (χ0v) is 6.60. The van der Waals surface area contributed by atoms with E-state index < -0.39 is 5.92 Å². The van der Waals surface area contributed by atoms with Crippen molar-refractivity contribution in [1.82, 2.24) is 0 Å². The molecule has 12 heavy (non-hydrogen) atoms. The Hall–Kier alpha value is -1.62. The van der Waals surface area contributed by atoms with Gasteiger partial charge in [0.1, 0.15) is 12.2 Å². The lowest BCUT2D eigenvalue weighted by atomic mass is 10.0. The SMILES string of the molecule is N#C[C@@H](C=O)Cc1ccccc1. The van der Waals surface area contributed by atoms with E-state index >= 15 is 0 Å². The standard InChI is InChI=1S/C10H9NO/c11-7-10(8-12)6-9-4-2-1-3-5-9/h1-5,8,10H,6H2/t10-/m0/s1. The topological polar surface area (TPSA) is 40.9 Å². The highest BCUT2D eigenvalue weighted by atomic mass is 16.1. The highest BCUT2D eigenvalue weighted by Crippen LogP contribution is 2.05. The van der Waals surface area contributed by atoms with E-state index in [0.29, 0.717) is 12.7 Å². The quantitative estimate of drug-likeness (QED) is 0.628. The lowest BCUT2D eigenvalue weighted by molar-refractivity contribution is -0.109. The fraction of sp³-hybridized carbons (Fsp3) is 0.200. The minimum atomic E-state index is -0.507. The van der Waals surface area contributed by atoms with Crippen LogP contribution in [0.25, 0.3) is 0 Å². The summed E-state index contributed by atoms with van der Waals surface area (Å²) in [5.74, 6) is -0.507. The van der Waals surface area contributed by atoms with Crippen molar-refractivity contribution in [1.29, 1.82) is 5.26 Å². The first-order chi connectivity index (χ1) is 5.86. The van der Waals surface area contributed by atoms with Crippen LogP contribution in [0.2, 0.25) is 0 Å². The number of nitrogens with zero attached hydrogens (tertiary/aromatic N) is 1. The Morgan fingerprint density at radius 2 is 2.08 bits per heavy atom. The van der Waals surface area contributed by atoms with Crippen LogP contribution in [0, 0.1) is 17.2 Å². The van der Waals surface area contributed by atoms with Gasteiger partial charge >= 0.3 is 0 Å². The van der Waals surface area contributed by atoms with Crippen LogP contribution in [0.1, 0.15) is 5.56 Å². The van der Waals surface area contributed by atoms with E-state index in [0.717, 1.165) is 5.56 Å². The van der Waals surface area contributed by atoms with Crippen molar-refractivity contribution < 1.29 is 4.79 Å². The molecule has 0 saturated heterocycles. The molecule has 0 bridgehead atoms.